The number of aromatic hydroxyl groups is 1. The van der Waals surface area contributed by atoms with E-state index in [0.717, 1.165) is 50.0 Å². The average molecular weight is 470 g/mol. The summed E-state index contributed by atoms with van der Waals surface area (Å²) in [7, 11) is 0. The third kappa shape index (κ3) is 3.60. The van der Waals surface area contributed by atoms with Crippen LogP contribution < -0.4 is 5.36 Å². The molecule has 0 spiro atoms. The number of phenols is 1. The third-order valence-electron chi connectivity index (χ3n) is 6.49. The summed E-state index contributed by atoms with van der Waals surface area (Å²) in [6.45, 7) is 3.91. The second kappa shape index (κ2) is 8.43. The molecule has 0 unspecified atom stereocenters. The van der Waals surface area contributed by atoms with E-state index in [2.05, 4.69) is 14.8 Å². The lowest BCUT2D eigenvalue weighted by molar-refractivity contribution is 0.477. The molecule has 0 radical (unpaired) electrons. The van der Waals surface area contributed by atoms with Crippen LogP contribution in [0.2, 0.25) is 0 Å². The van der Waals surface area contributed by atoms with Crippen LogP contribution in [-0.2, 0) is 0 Å². The second-order valence-corrected chi connectivity index (χ2v) is 8.92. The van der Waals surface area contributed by atoms with Gasteiger partial charge < -0.3 is 15.1 Å². The number of nitrogens with zero attached hydrogens (tertiary/aromatic N) is 4. The molecular weight excluding hydrogens is 446 g/mol. The molecule has 6 rings (SSSR count). The van der Waals surface area contributed by atoms with Crippen LogP contribution in [0.1, 0.15) is 11.1 Å². The van der Waals surface area contributed by atoms with Gasteiger partial charge in [-0.25, -0.2) is 4.98 Å². The van der Waals surface area contributed by atoms with Crippen LogP contribution >= 0.6 is 0 Å². The van der Waals surface area contributed by atoms with E-state index in [-0.39, 0.29) is 5.75 Å². The van der Waals surface area contributed by atoms with E-state index in [4.69, 9.17) is 10.4 Å². The number of aryl methyl sites for hydroxylation is 2. The van der Waals surface area contributed by atoms with E-state index in [1.54, 1.807) is 6.07 Å². The van der Waals surface area contributed by atoms with Gasteiger partial charge in [0.2, 0.25) is 0 Å². The lowest BCUT2D eigenvalue weighted by Gasteiger charge is -2.20. The van der Waals surface area contributed by atoms with Crippen LogP contribution in [0, 0.1) is 19.3 Å². The van der Waals surface area contributed by atoms with Crippen LogP contribution in [0.3, 0.4) is 0 Å². The minimum absolute atomic E-state index is 0.0845. The molecule has 1 heterocycles. The number of nitrogens with one attached hydrogen (secondary N) is 1. The van der Waals surface area contributed by atoms with Crippen molar-refractivity contribution in [1.29, 1.82) is 5.41 Å². The molecule has 4 aromatic carbocycles. The van der Waals surface area contributed by atoms with E-state index < -0.39 is 0 Å². The molecule has 6 nitrogen and oxygen atoms in total. The highest BCUT2D eigenvalue weighted by Gasteiger charge is 2.17. The van der Waals surface area contributed by atoms with Crippen molar-refractivity contribution in [1.82, 2.24) is 9.55 Å². The Bertz CT molecular complexity index is 1840. The van der Waals surface area contributed by atoms with Crippen molar-refractivity contribution in [2.45, 2.75) is 13.8 Å². The van der Waals surface area contributed by atoms with Gasteiger partial charge in [-0.2, -0.15) is 5.11 Å². The molecule has 6 heteroatoms. The van der Waals surface area contributed by atoms with Crippen molar-refractivity contribution in [3.05, 3.63) is 107 Å². The van der Waals surface area contributed by atoms with E-state index in [9.17, 15) is 5.11 Å². The first-order chi connectivity index (χ1) is 17.5. The van der Waals surface area contributed by atoms with Gasteiger partial charge in [0.15, 0.2) is 0 Å². The van der Waals surface area contributed by atoms with Crippen molar-refractivity contribution in [3.63, 3.8) is 0 Å². The highest BCUT2D eigenvalue weighted by Crippen LogP contribution is 2.37. The number of rotatable bonds is 3. The molecule has 4 aromatic rings. The summed E-state index contributed by atoms with van der Waals surface area (Å²) in [4.78, 5) is 4.92. The monoisotopic (exact) mass is 469 g/mol. The number of benzene rings is 5. The standard InChI is InChI=1S/C30H23N5O/c1-18-14-25-27(16-23(18)31)35(21-9-4-3-5-10-21)28-17-24(19(2)15-26(28)32-25)33-34-30-22-11-7-6-8-20(22)12-13-29(30)36/h3-17,31,36H,1-2H3. The van der Waals surface area contributed by atoms with E-state index in [1.165, 1.54) is 0 Å². The first-order valence-electron chi connectivity index (χ1n) is 11.7. The van der Waals surface area contributed by atoms with Crippen molar-refractivity contribution in [2.24, 2.45) is 10.2 Å². The summed E-state index contributed by atoms with van der Waals surface area (Å²) in [5.74, 6) is 0.0845. The van der Waals surface area contributed by atoms with Crippen LogP contribution in [0.25, 0.3) is 38.9 Å². The zero-order valence-corrected chi connectivity index (χ0v) is 19.9. The van der Waals surface area contributed by atoms with Gasteiger partial charge in [0.1, 0.15) is 11.4 Å². The molecule has 36 heavy (non-hydrogen) atoms. The zero-order chi connectivity index (χ0) is 24.8. The topological polar surface area (TPSA) is 86.6 Å². The summed E-state index contributed by atoms with van der Waals surface area (Å²) in [5, 5.41) is 30.2. The zero-order valence-electron chi connectivity index (χ0n) is 19.9. The maximum atomic E-state index is 10.5. The Hall–Kier alpha value is -4.84. The summed E-state index contributed by atoms with van der Waals surface area (Å²) in [6.07, 6.45) is 0. The minimum Gasteiger partial charge on any atom is -0.506 e. The summed E-state index contributed by atoms with van der Waals surface area (Å²) in [6, 6.07) is 29.1. The molecule has 0 atom stereocenters. The van der Waals surface area contributed by atoms with Gasteiger partial charge in [0, 0.05) is 11.1 Å². The number of phenolic OH excluding ortho intramolecular Hbond substituents is 1. The first-order valence-corrected chi connectivity index (χ1v) is 11.7. The fourth-order valence-corrected chi connectivity index (χ4v) is 4.56. The van der Waals surface area contributed by atoms with Crippen molar-refractivity contribution in [2.75, 3.05) is 0 Å². The Morgan fingerprint density at radius 2 is 1.58 bits per heavy atom. The normalized spacial score (nSPS) is 11.7. The number of para-hydroxylation sites is 1. The molecule has 1 aliphatic carbocycles. The molecule has 174 valence electrons. The van der Waals surface area contributed by atoms with Gasteiger partial charge in [-0.05, 0) is 72.8 Å². The molecule has 2 aliphatic rings. The molecule has 0 bridgehead atoms. The SMILES string of the molecule is Cc1cc2nc3cc(C)c(=N)cc-3n(-c3ccccc3)c2cc1N=Nc1c(O)ccc2ccccc12. The average Bonchev–Trinajstić information content (AvgIpc) is 2.88. The lowest BCUT2D eigenvalue weighted by Crippen LogP contribution is -2.12. The van der Waals surface area contributed by atoms with Gasteiger partial charge >= 0.3 is 0 Å². The first kappa shape index (κ1) is 21.7. The quantitative estimate of drug-likeness (QED) is 0.208. The lowest BCUT2D eigenvalue weighted by atomic mass is 10.1. The molecule has 0 fully saturated rings. The van der Waals surface area contributed by atoms with Crippen molar-refractivity contribution < 1.29 is 5.11 Å². The van der Waals surface area contributed by atoms with Crippen LogP contribution in [-0.4, -0.2) is 14.7 Å². The fourth-order valence-electron chi connectivity index (χ4n) is 4.56. The molecule has 0 saturated heterocycles. The molecule has 0 amide bonds. The second-order valence-electron chi connectivity index (χ2n) is 8.92. The molecule has 0 aromatic heterocycles. The predicted octanol–water partition coefficient (Wildman–Crippen LogP) is 7.50. The van der Waals surface area contributed by atoms with Gasteiger partial charge in [0.05, 0.1) is 33.5 Å². The van der Waals surface area contributed by atoms with E-state index >= 15 is 0 Å². The molecular formula is C30H23N5O. The molecule has 1 aliphatic heterocycles. The van der Waals surface area contributed by atoms with E-state index in [1.807, 2.05) is 98.8 Å². The minimum atomic E-state index is 0.0845. The van der Waals surface area contributed by atoms with Gasteiger partial charge in [-0.1, -0.05) is 48.5 Å². The van der Waals surface area contributed by atoms with Crippen LogP contribution in [0.5, 0.6) is 5.75 Å². The van der Waals surface area contributed by atoms with Crippen LogP contribution in [0.15, 0.2) is 101 Å². The number of hydrogen-bond acceptors (Lipinski definition) is 5. The number of hydrogen-bond donors (Lipinski definition) is 2. The van der Waals surface area contributed by atoms with Crippen molar-refractivity contribution in [3.8, 4) is 22.8 Å². The largest absolute Gasteiger partial charge is 0.506 e. The highest BCUT2D eigenvalue weighted by molar-refractivity contribution is 5.95. The summed E-state index contributed by atoms with van der Waals surface area (Å²) in [5.41, 5.74) is 7.26. The summed E-state index contributed by atoms with van der Waals surface area (Å²) >= 11 is 0. The Morgan fingerprint density at radius 3 is 2.42 bits per heavy atom. The summed E-state index contributed by atoms with van der Waals surface area (Å²) < 4.78 is 2.11. The Morgan fingerprint density at radius 1 is 0.806 bits per heavy atom. The molecule has 0 saturated carbocycles. The number of aromatic nitrogens is 2. The smallest absolute Gasteiger partial charge is 0.143 e. The highest BCUT2D eigenvalue weighted by atomic mass is 16.3. The molecule has 2 N–H and O–H groups in total. The number of fused-ring (bicyclic) bond motifs is 3. The maximum Gasteiger partial charge on any atom is 0.143 e. The van der Waals surface area contributed by atoms with E-state index in [0.29, 0.717) is 16.7 Å². The maximum absolute atomic E-state index is 10.5. The Balaban J connectivity index is 1.61. The fraction of sp³-hybridized carbons (Fsp3) is 0.0667. The van der Waals surface area contributed by atoms with Gasteiger partial charge in [-0.3, -0.25) is 0 Å². The van der Waals surface area contributed by atoms with Crippen LogP contribution in [0.4, 0.5) is 11.4 Å². The number of azo groups is 1. The Labute approximate surface area is 207 Å². The Kier molecular flexibility index (Phi) is 5.08. The van der Waals surface area contributed by atoms with Gasteiger partial charge in [0.25, 0.3) is 0 Å². The van der Waals surface area contributed by atoms with Crippen molar-refractivity contribution >= 4 is 33.2 Å². The predicted molar refractivity (Wildman–Crippen MR) is 143 cm³/mol. The third-order valence-corrected chi connectivity index (χ3v) is 6.49. The van der Waals surface area contributed by atoms with Gasteiger partial charge in [-0.15, -0.1) is 5.11 Å².